The average Bonchev–Trinajstić information content (AvgIpc) is 2.39. The third-order valence-corrected chi connectivity index (χ3v) is 2.84. The number of carbonyl (C=O) groups excluding carboxylic acids is 2. The summed E-state index contributed by atoms with van der Waals surface area (Å²) >= 11 is 0. The zero-order valence-electron chi connectivity index (χ0n) is 13.1. The van der Waals surface area contributed by atoms with Crippen molar-refractivity contribution in [3.8, 4) is 5.75 Å². The van der Waals surface area contributed by atoms with E-state index in [1.165, 1.54) is 6.07 Å². The smallest absolute Gasteiger partial charge is 0.412 e. The van der Waals surface area contributed by atoms with Crippen molar-refractivity contribution in [2.45, 2.75) is 26.4 Å². The van der Waals surface area contributed by atoms with E-state index in [9.17, 15) is 14.4 Å². The second-order valence-corrected chi connectivity index (χ2v) is 5.97. The first kappa shape index (κ1) is 16.6. The second kappa shape index (κ2) is 6.15. The Morgan fingerprint density at radius 2 is 2.09 bits per heavy atom. The van der Waals surface area contributed by atoms with E-state index >= 15 is 0 Å². The van der Waals surface area contributed by atoms with Crippen molar-refractivity contribution in [2.24, 2.45) is 0 Å². The third kappa shape index (κ3) is 4.35. The van der Waals surface area contributed by atoms with Crippen LogP contribution in [-0.2, 0) is 14.3 Å². The monoisotopic (exact) mass is 322 g/mol. The molecule has 2 rings (SSSR count). The van der Waals surface area contributed by atoms with Crippen LogP contribution in [0, 0.1) is 0 Å². The fourth-order valence-electron chi connectivity index (χ4n) is 2.01. The highest BCUT2D eigenvalue weighted by atomic mass is 16.6. The van der Waals surface area contributed by atoms with E-state index in [1.54, 1.807) is 32.9 Å². The fraction of sp³-hybridized carbons (Fsp3) is 0.400. The zero-order valence-corrected chi connectivity index (χ0v) is 13.1. The number of fused-ring (bicyclic) bond motifs is 1. The van der Waals surface area contributed by atoms with Gasteiger partial charge in [-0.1, -0.05) is 0 Å². The number of nitrogens with one attached hydrogen (secondary N) is 1. The number of hydrogen-bond donors (Lipinski definition) is 2. The molecule has 8 nitrogen and oxygen atoms in total. The minimum absolute atomic E-state index is 0.223. The van der Waals surface area contributed by atoms with Gasteiger partial charge in [-0.05, 0) is 39.0 Å². The first-order valence-corrected chi connectivity index (χ1v) is 6.95. The number of carbonyl (C=O) groups is 3. The SMILES string of the molecule is CC(C)(C)OC(=O)Nc1ccc2c(c1)N(CC(=O)O)C(=O)CO2. The van der Waals surface area contributed by atoms with Crippen molar-refractivity contribution in [1.29, 1.82) is 0 Å². The summed E-state index contributed by atoms with van der Waals surface area (Å²) in [5.74, 6) is -1.23. The number of aliphatic carboxylic acids is 1. The van der Waals surface area contributed by atoms with E-state index in [0.717, 1.165) is 4.90 Å². The van der Waals surface area contributed by atoms with Crippen LogP contribution in [0.5, 0.6) is 5.75 Å². The van der Waals surface area contributed by atoms with Gasteiger partial charge in [0.2, 0.25) is 0 Å². The molecule has 0 unspecified atom stereocenters. The maximum atomic E-state index is 11.8. The van der Waals surface area contributed by atoms with Crippen LogP contribution in [0.15, 0.2) is 18.2 Å². The molecule has 1 aliphatic heterocycles. The maximum absolute atomic E-state index is 11.8. The van der Waals surface area contributed by atoms with Crippen LogP contribution < -0.4 is 15.0 Å². The molecule has 1 aromatic rings. The molecular formula is C15H18N2O6. The van der Waals surface area contributed by atoms with Gasteiger partial charge >= 0.3 is 12.1 Å². The fourth-order valence-corrected chi connectivity index (χ4v) is 2.01. The van der Waals surface area contributed by atoms with Crippen molar-refractivity contribution in [3.05, 3.63) is 18.2 Å². The second-order valence-electron chi connectivity index (χ2n) is 5.97. The summed E-state index contributed by atoms with van der Waals surface area (Å²) in [5, 5.41) is 11.5. The number of nitrogens with zero attached hydrogens (tertiary/aromatic N) is 1. The number of carboxylic acids is 1. The Morgan fingerprint density at radius 1 is 1.39 bits per heavy atom. The highest BCUT2D eigenvalue weighted by Crippen LogP contribution is 2.34. The highest BCUT2D eigenvalue weighted by Gasteiger charge is 2.28. The normalized spacial score (nSPS) is 13.9. The van der Waals surface area contributed by atoms with E-state index in [2.05, 4.69) is 5.32 Å². The summed E-state index contributed by atoms with van der Waals surface area (Å²) in [7, 11) is 0. The maximum Gasteiger partial charge on any atom is 0.412 e. The van der Waals surface area contributed by atoms with Crippen molar-refractivity contribution >= 4 is 29.3 Å². The van der Waals surface area contributed by atoms with E-state index in [1.807, 2.05) is 0 Å². The standard InChI is InChI=1S/C15H18N2O6/c1-15(2,3)23-14(21)16-9-4-5-11-10(6-9)17(7-13(19)20)12(18)8-22-11/h4-6H,7-8H2,1-3H3,(H,16,21)(H,19,20). The summed E-state index contributed by atoms with van der Waals surface area (Å²) < 4.78 is 10.4. The molecule has 0 fully saturated rings. The number of amides is 2. The van der Waals surface area contributed by atoms with E-state index in [0.29, 0.717) is 11.4 Å². The lowest BCUT2D eigenvalue weighted by molar-refractivity contribution is -0.137. The quantitative estimate of drug-likeness (QED) is 0.880. The molecule has 0 aliphatic carbocycles. The van der Waals surface area contributed by atoms with Gasteiger partial charge in [0.1, 0.15) is 17.9 Å². The van der Waals surface area contributed by atoms with Crippen molar-refractivity contribution in [2.75, 3.05) is 23.4 Å². The Kier molecular flexibility index (Phi) is 4.44. The van der Waals surface area contributed by atoms with Crippen molar-refractivity contribution < 1.29 is 29.0 Å². The molecular weight excluding hydrogens is 304 g/mol. The Morgan fingerprint density at radius 3 is 2.70 bits per heavy atom. The van der Waals surface area contributed by atoms with Gasteiger partial charge < -0.3 is 14.6 Å². The van der Waals surface area contributed by atoms with Gasteiger partial charge in [-0.3, -0.25) is 19.8 Å². The Labute approximate surface area is 133 Å². The summed E-state index contributed by atoms with van der Waals surface area (Å²) in [6.45, 7) is 4.51. The lowest BCUT2D eigenvalue weighted by atomic mass is 10.2. The lowest BCUT2D eigenvalue weighted by Gasteiger charge is -2.28. The predicted molar refractivity (Wildman–Crippen MR) is 81.8 cm³/mol. The number of carboxylic acid groups (broad SMARTS) is 1. The number of rotatable bonds is 3. The van der Waals surface area contributed by atoms with Crippen molar-refractivity contribution in [1.82, 2.24) is 0 Å². The van der Waals surface area contributed by atoms with E-state index < -0.39 is 30.1 Å². The van der Waals surface area contributed by atoms with Gasteiger partial charge in [0.25, 0.3) is 5.91 Å². The minimum atomic E-state index is -1.14. The molecule has 0 radical (unpaired) electrons. The summed E-state index contributed by atoms with van der Waals surface area (Å²) in [4.78, 5) is 35.6. The van der Waals surface area contributed by atoms with Crippen LogP contribution in [0.4, 0.5) is 16.2 Å². The molecule has 2 amide bonds. The first-order chi connectivity index (χ1) is 10.7. The number of anilines is 2. The predicted octanol–water partition coefficient (Wildman–Crippen LogP) is 1.84. The molecule has 23 heavy (non-hydrogen) atoms. The van der Waals surface area contributed by atoms with E-state index in [4.69, 9.17) is 14.6 Å². The molecule has 0 atom stereocenters. The topological polar surface area (TPSA) is 105 Å². The molecule has 8 heteroatoms. The van der Waals surface area contributed by atoms with Gasteiger partial charge in [0.15, 0.2) is 6.61 Å². The molecule has 0 bridgehead atoms. The van der Waals surface area contributed by atoms with Gasteiger partial charge in [-0.15, -0.1) is 0 Å². The molecule has 2 N–H and O–H groups in total. The molecule has 0 saturated heterocycles. The Hall–Kier alpha value is -2.77. The minimum Gasteiger partial charge on any atom is -0.482 e. The number of ether oxygens (including phenoxy) is 2. The number of hydrogen-bond acceptors (Lipinski definition) is 5. The lowest BCUT2D eigenvalue weighted by Crippen LogP contribution is -2.42. The molecule has 0 spiro atoms. The summed E-state index contributed by atoms with van der Waals surface area (Å²) in [6.07, 6.45) is -0.648. The van der Waals surface area contributed by atoms with Gasteiger partial charge in [-0.25, -0.2) is 4.79 Å². The largest absolute Gasteiger partial charge is 0.482 e. The highest BCUT2D eigenvalue weighted by molar-refractivity contribution is 6.02. The molecule has 0 aromatic heterocycles. The molecule has 1 aromatic carbocycles. The molecule has 1 aliphatic rings. The van der Waals surface area contributed by atoms with Gasteiger partial charge in [0, 0.05) is 5.69 Å². The van der Waals surface area contributed by atoms with Gasteiger partial charge in [0.05, 0.1) is 5.69 Å². The Bertz CT molecular complexity index is 650. The van der Waals surface area contributed by atoms with Crippen LogP contribution in [0.1, 0.15) is 20.8 Å². The van der Waals surface area contributed by atoms with Crippen LogP contribution >= 0.6 is 0 Å². The van der Waals surface area contributed by atoms with Crippen LogP contribution in [0.25, 0.3) is 0 Å². The molecule has 0 saturated carbocycles. The zero-order chi connectivity index (χ0) is 17.2. The number of benzene rings is 1. The molecule has 124 valence electrons. The summed E-state index contributed by atoms with van der Waals surface area (Å²) in [5.41, 5.74) is 0.0103. The molecule has 1 heterocycles. The van der Waals surface area contributed by atoms with Crippen LogP contribution in [-0.4, -0.2) is 41.8 Å². The summed E-state index contributed by atoms with van der Waals surface area (Å²) in [6, 6.07) is 4.61. The third-order valence-electron chi connectivity index (χ3n) is 2.84. The average molecular weight is 322 g/mol. The first-order valence-electron chi connectivity index (χ1n) is 6.95. The van der Waals surface area contributed by atoms with Gasteiger partial charge in [-0.2, -0.15) is 0 Å². The van der Waals surface area contributed by atoms with Crippen molar-refractivity contribution in [3.63, 3.8) is 0 Å². The Balaban J connectivity index is 2.23. The van der Waals surface area contributed by atoms with Crippen LogP contribution in [0.2, 0.25) is 0 Å². The van der Waals surface area contributed by atoms with Crippen LogP contribution in [0.3, 0.4) is 0 Å². The van der Waals surface area contributed by atoms with E-state index in [-0.39, 0.29) is 12.3 Å².